The molecule has 8 heteroatoms. The van der Waals surface area contributed by atoms with E-state index in [9.17, 15) is 8.42 Å². The number of hydrogen-bond donors (Lipinski definition) is 2. The van der Waals surface area contributed by atoms with Crippen molar-refractivity contribution in [3.8, 4) is 0 Å². The normalized spacial score (nSPS) is 12.1. The van der Waals surface area contributed by atoms with Crippen LogP contribution in [0.4, 0.5) is 0 Å². The molecule has 6 nitrogen and oxygen atoms in total. The fourth-order valence-corrected chi connectivity index (χ4v) is 3.19. The summed E-state index contributed by atoms with van der Waals surface area (Å²) in [6, 6.07) is 14.6. The molecule has 0 atom stereocenters. The Morgan fingerprint density at radius 1 is 1.20 bits per heavy atom. The number of guanidine groups is 1. The molecule has 3 N–H and O–H groups in total. The predicted octanol–water partition coefficient (Wildman–Crippen LogP) is 2.30. The zero-order valence-electron chi connectivity index (χ0n) is 14.1. The zero-order chi connectivity index (χ0) is 18.4. The molecule has 0 aromatic heterocycles. The number of benzene rings is 2. The average Bonchev–Trinajstić information content (AvgIpc) is 2.57. The zero-order valence-corrected chi connectivity index (χ0v) is 16.5. The second-order valence-electron chi connectivity index (χ2n) is 5.58. The number of halogens is 1. The molecule has 0 aliphatic carbocycles. The average molecular weight is 425 g/mol. The molecule has 0 heterocycles. The monoisotopic (exact) mass is 424 g/mol. The van der Waals surface area contributed by atoms with Gasteiger partial charge in [0, 0.05) is 31.7 Å². The number of nitrogens with zero attached hydrogens (tertiary/aromatic N) is 2. The number of hydrogen-bond acceptors (Lipinski definition) is 3. The van der Waals surface area contributed by atoms with Gasteiger partial charge in [0.25, 0.3) is 0 Å². The van der Waals surface area contributed by atoms with Crippen LogP contribution in [0.5, 0.6) is 0 Å². The molecular formula is C17H21BrN4O2S. The lowest BCUT2D eigenvalue weighted by atomic mass is 10.2. The minimum absolute atomic E-state index is 0.102. The quantitative estimate of drug-likeness (QED) is 0.569. The van der Waals surface area contributed by atoms with Gasteiger partial charge in [-0.3, -0.25) is 4.99 Å². The summed E-state index contributed by atoms with van der Waals surface area (Å²) in [5.41, 5.74) is 1.97. The summed E-state index contributed by atoms with van der Waals surface area (Å²) in [6.07, 6.45) is 0. The van der Waals surface area contributed by atoms with Crippen LogP contribution in [0, 0.1) is 0 Å². The van der Waals surface area contributed by atoms with Gasteiger partial charge in [-0.25, -0.2) is 13.6 Å². The summed E-state index contributed by atoms with van der Waals surface area (Å²) < 4.78 is 23.9. The summed E-state index contributed by atoms with van der Waals surface area (Å²) in [7, 11) is -0.0502. The lowest BCUT2D eigenvalue weighted by molar-refractivity contribution is 0.476. The summed E-state index contributed by atoms with van der Waals surface area (Å²) in [5.74, 6) is 0.712. The number of sulfonamides is 1. The number of rotatable bonds is 5. The molecule has 0 saturated heterocycles. The van der Waals surface area contributed by atoms with Gasteiger partial charge >= 0.3 is 0 Å². The molecule has 0 bridgehead atoms. The van der Waals surface area contributed by atoms with E-state index in [2.05, 4.69) is 26.2 Å². The van der Waals surface area contributed by atoms with Gasteiger partial charge in [-0.05, 0) is 35.4 Å². The van der Waals surface area contributed by atoms with Crippen LogP contribution in [0.15, 0.2) is 62.9 Å². The molecule has 134 valence electrons. The van der Waals surface area contributed by atoms with Crippen molar-refractivity contribution >= 4 is 31.9 Å². The summed E-state index contributed by atoms with van der Waals surface area (Å²) in [4.78, 5) is 6.36. The lowest BCUT2D eigenvalue weighted by Crippen LogP contribution is -2.38. The first-order valence-electron chi connectivity index (χ1n) is 7.57. The molecule has 0 spiro atoms. The van der Waals surface area contributed by atoms with E-state index in [1.54, 1.807) is 19.2 Å². The molecule has 25 heavy (non-hydrogen) atoms. The molecule has 2 aromatic rings. The Kier molecular flexibility index (Phi) is 6.57. The topological polar surface area (TPSA) is 87.8 Å². The largest absolute Gasteiger partial charge is 0.352 e. The van der Waals surface area contributed by atoms with Crippen LogP contribution in [-0.2, 0) is 23.1 Å². The Hall–Kier alpha value is -1.90. The van der Waals surface area contributed by atoms with Gasteiger partial charge in [-0.1, -0.05) is 40.2 Å². The molecule has 0 saturated carbocycles. The SMILES string of the molecule is CN=C(NCc1cccc(S(N)(=O)=O)c1)N(C)Cc1ccc(Br)cc1. The highest BCUT2D eigenvalue weighted by molar-refractivity contribution is 9.10. The van der Waals surface area contributed by atoms with Crippen molar-refractivity contribution in [2.75, 3.05) is 14.1 Å². The van der Waals surface area contributed by atoms with Crippen molar-refractivity contribution < 1.29 is 8.42 Å². The molecule has 0 radical (unpaired) electrons. The van der Waals surface area contributed by atoms with Crippen LogP contribution in [-0.4, -0.2) is 33.4 Å². The maximum atomic E-state index is 11.4. The van der Waals surface area contributed by atoms with Gasteiger partial charge in [0.15, 0.2) is 5.96 Å². The van der Waals surface area contributed by atoms with Crippen molar-refractivity contribution in [3.05, 3.63) is 64.1 Å². The standard InChI is InChI=1S/C17H21BrN4O2S/c1-20-17(22(2)12-13-6-8-15(18)9-7-13)21-11-14-4-3-5-16(10-14)25(19,23)24/h3-10H,11-12H2,1-2H3,(H,20,21)(H2,19,23,24). The Morgan fingerprint density at radius 3 is 2.48 bits per heavy atom. The lowest BCUT2D eigenvalue weighted by Gasteiger charge is -2.22. The van der Waals surface area contributed by atoms with E-state index in [1.807, 2.05) is 42.3 Å². The second kappa shape index (κ2) is 8.46. The van der Waals surface area contributed by atoms with Crippen molar-refractivity contribution in [1.29, 1.82) is 0 Å². The minimum atomic E-state index is -3.70. The van der Waals surface area contributed by atoms with E-state index in [4.69, 9.17) is 5.14 Å². The van der Waals surface area contributed by atoms with E-state index in [0.29, 0.717) is 19.0 Å². The third-order valence-corrected chi connectivity index (χ3v) is 5.02. The Balaban J connectivity index is 2.01. The highest BCUT2D eigenvalue weighted by Gasteiger charge is 2.10. The fraction of sp³-hybridized carbons (Fsp3) is 0.235. The number of nitrogens with one attached hydrogen (secondary N) is 1. The molecule has 0 fully saturated rings. The second-order valence-corrected chi connectivity index (χ2v) is 8.05. The number of aliphatic imine (C=N–C) groups is 1. The van der Waals surface area contributed by atoms with Crippen molar-refractivity contribution in [2.24, 2.45) is 10.1 Å². The van der Waals surface area contributed by atoms with Gasteiger partial charge in [0.2, 0.25) is 10.0 Å². The summed E-state index contributed by atoms with van der Waals surface area (Å²) >= 11 is 3.42. The van der Waals surface area contributed by atoms with Crippen LogP contribution in [0.2, 0.25) is 0 Å². The summed E-state index contributed by atoms with van der Waals surface area (Å²) in [5, 5.41) is 8.40. The third kappa shape index (κ3) is 5.84. The first-order valence-corrected chi connectivity index (χ1v) is 9.91. The molecule has 2 aromatic carbocycles. The summed E-state index contributed by atoms with van der Waals surface area (Å²) in [6.45, 7) is 1.14. The van der Waals surface area contributed by atoms with Gasteiger partial charge in [-0.2, -0.15) is 0 Å². The fourth-order valence-electron chi connectivity index (χ4n) is 2.34. The maximum absolute atomic E-state index is 11.4. The van der Waals surface area contributed by atoms with Gasteiger partial charge < -0.3 is 10.2 Å². The van der Waals surface area contributed by atoms with Crippen molar-refractivity contribution in [1.82, 2.24) is 10.2 Å². The van der Waals surface area contributed by atoms with Crippen molar-refractivity contribution in [3.63, 3.8) is 0 Å². The minimum Gasteiger partial charge on any atom is -0.352 e. The first-order chi connectivity index (χ1) is 11.8. The molecule has 2 rings (SSSR count). The van der Waals surface area contributed by atoms with Crippen LogP contribution >= 0.6 is 15.9 Å². The Bertz CT molecular complexity index is 851. The van der Waals surface area contributed by atoms with E-state index < -0.39 is 10.0 Å². The van der Waals surface area contributed by atoms with E-state index >= 15 is 0 Å². The number of nitrogens with two attached hydrogens (primary N) is 1. The number of primary sulfonamides is 1. The van der Waals surface area contributed by atoms with Gasteiger partial charge in [-0.15, -0.1) is 0 Å². The van der Waals surface area contributed by atoms with E-state index in [-0.39, 0.29) is 4.90 Å². The van der Waals surface area contributed by atoms with Crippen LogP contribution in [0.25, 0.3) is 0 Å². The van der Waals surface area contributed by atoms with Crippen molar-refractivity contribution in [2.45, 2.75) is 18.0 Å². The maximum Gasteiger partial charge on any atom is 0.238 e. The van der Waals surface area contributed by atoms with Gasteiger partial charge in [0.1, 0.15) is 0 Å². The van der Waals surface area contributed by atoms with Crippen LogP contribution in [0.1, 0.15) is 11.1 Å². The van der Waals surface area contributed by atoms with Gasteiger partial charge in [0.05, 0.1) is 4.90 Å². The third-order valence-electron chi connectivity index (χ3n) is 3.58. The van der Waals surface area contributed by atoms with Crippen LogP contribution < -0.4 is 10.5 Å². The Morgan fingerprint density at radius 2 is 1.88 bits per heavy atom. The molecular weight excluding hydrogens is 404 g/mol. The molecule has 0 amide bonds. The van der Waals surface area contributed by atoms with E-state index in [1.165, 1.54) is 6.07 Å². The predicted molar refractivity (Wildman–Crippen MR) is 104 cm³/mol. The Labute approximate surface area is 156 Å². The molecule has 0 aliphatic heterocycles. The highest BCUT2D eigenvalue weighted by Crippen LogP contribution is 2.12. The molecule has 0 unspecified atom stereocenters. The first kappa shape index (κ1) is 19.4. The smallest absolute Gasteiger partial charge is 0.238 e. The molecule has 0 aliphatic rings. The van der Waals surface area contributed by atoms with E-state index in [0.717, 1.165) is 15.6 Å². The van der Waals surface area contributed by atoms with Crippen LogP contribution in [0.3, 0.4) is 0 Å². The highest BCUT2D eigenvalue weighted by atomic mass is 79.9.